The molecule has 0 unspecified atom stereocenters. The van der Waals surface area contributed by atoms with Gasteiger partial charge in [0, 0.05) is 5.56 Å². The molecular weight excluding hydrogens is 240 g/mol. The van der Waals surface area contributed by atoms with Crippen LogP contribution in [-0.2, 0) is 12.8 Å². The first-order chi connectivity index (χ1) is 9.31. The molecule has 0 spiro atoms. The van der Waals surface area contributed by atoms with Crippen molar-refractivity contribution in [3.05, 3.63) is 35.5 Å². The van der Waals surface area contributed by atoms with Crippen LogP contribution in [-0.4, -0.2) is 24.8 Å². The first-order valence-corrected chi connectivity index (χ1v) is 6.27. The standard InChI is InChI=1S/C13H12N6/c14-12-17-18-13-16-11(7-15-19(12)13)10-5-4-8-2-1-3-9(8)6-10/h4-7H,1-3H2,(H2,14,17). The zero-order valence-corrected chi connectivity index (χ0v) is 10.2. The summed E-state index contributed by atoms with van der Waals surface area (Å²) in [6, 6.07) is 6.47. The van der Waals surface area contributed by atoms with Gasteiger partial charge in [-0.1, -0.05) is 12.1 Å². The third-order valence-electron chi connectivity index (χ3n) is 3.56. The summed E-state index contributed by atoms with van der Waals surface area (Å²) in [5, 5.41) is 11.9. The van der Waals surface area contributed by atoms with Gasteiger partial charge in [0.25, 0.3) is 5.78 Å². The fraction of sp³-hybridized carbons (Fsp3) is 0.231. The first kappa shape index (κ1) is 10.4. The van der Waals surface area contributed by atoms with Crippen LogP contribution in [0.15, 0.2) is 24.4 Å². The third-order valence-corrected chi connectivity index (χ3v) is 3.56. The van der Waals surface area contributed by atoms with Crippen LogP contribution < -0.4 is 5.73 Å². The summed E-state index contributed by atoms with van der Waals surface area (Å²) in [5.41, 5.74) is 10.4. The number of aryl methyl sites for hydroxylation is 2. The molecule has 0 saturated heterocycles. The Morgan fingerprint density at radius 2 is 2.00 bits per heavy atom. The number of nitrogens with zero attached hydrogens (tertiary/aromatic N) is 5. The van der Waals surface area contributed by atoms with Gasteiger partial charge in [0.1, 0.15) is 0 Å². The largest absolute Gasteiger partial charge is 0.366 e. The Bertz CT molecular complexity index is 776. The molecule has 2 heterocycles. The molecule has 1 aromatic carbocycles. The second-order valence-corrected chi connectivity index (χ2v) is 4.75. The molecule has 2 N–H and O–H groups in total. The lowest BCUT2D eigenvalue weighted by Crippen LogP contribution is -2.00. The number of hydrogen-bond acceptors (Lipinski definition) is 5. The Hall–Kier alpha value is -2.50. The number of nitrogens with two attached hydrogens (primary N) is 1. The van der Waals surface area contributed by atoms with Gasteiger partial charge in [0.05, 0.1) is 11.9 Å². The molecule has 0 atom stereocenters. The zero-order valence-electron chi connectivity index (χ0n) is 10.2. The summed E-state index contributed by atoms with van der Waals surface area (Å²) in [6.07, 6.45) is 5.27. The number of nitrogen functional groups attached to an aromatic ring is 1. The number of anilines is 1. The van der Waals surface area contributed by atoms with Gasteiger partial charge in [-0.2, -0.15) is 9.61 Å². The molecule has 6 heteroatoms. The van der Waals surface area contributed by atoms with Crippen LogP contribution in [0.4, 0.5) is 5.95 Å². The molecule has 19 heavy (non-hydrogen) atoms. The number of benzene rings is 1. The van der Waals surface area contributed by atoms with Crippen molar-refractivity contribution in [2.75, 3.05) is 5.73 Å². The van der Waals surface area contributed by atoms with Gasteiger partial charge in [-0.15, -0.1) is 10.2 Å². The monoisotopic (exact) mass is 252 g/mol. The fourth-order valence-electron chi connectivity index (χ4n) is 2.58. The van der Waals surface area contributed by atoms with Gasteiger partial charge in [0.2, 0.25) is 5.95 Å². The summed E-state index contributed by atoms with van der Waals surface area (Å²) < 4.78 is 1.43. The molecule has 0 amide bonds. The van der Waals surface area contributed by atoms with E-state index < -0.39 is 0 Å². The van der Waals surface area contributed by atoms with Crippen LogP contribution in [0.3, 0.4) is 0 Å². The van der Waals surface area contributed by atoms with Gasteiger partial charge in [0.15, 0.2) is 0 Å². The van der Waals surface area contributed by atoms with Crippen LogP contribution in [0, 0.1) is 0 Å². The highest BCUT2D eigenvalue weighted by Crippen LogP contribution is 2.27. The fourth-order valence-corrected chi connectivity index (χ4v) is 2.58. The van der Waals surface area contributed by atoms with Crippen molar-refractivity contribution in [1.82, 2.24) is 24.8 Å². The maximum Gasteiger partial charge on any atom is 0.274 e. The average molecular weight is 252 g/mol. The number of rotatable bonds is 1. The van der Waals surface area contributed by atoms with Gasteiger partial charge in [-0.3, -0.25) is 0 Å². The summed E-state index contributed by atoms with van der Waals surface area (Å²) in [5.74, 6) is 0.679. The molecule has 4 rings (SSSR count). The molecule has 1 aliphatic rings. The second-order valence-electron chi connectivity index (χ2n) is 4.75. The summed E-state index contributed by atoms with van der Waals surface area (Å²) in [7, 11) is 0. The minimum absolute atomic E-state index is 0.253. The smallest absolute Gasteiger partial charge is 0.274 e. The van der Waals surface area contributed by atoms with Crippen molar-refractivity contribution in [3.63, 3.8) is 0 Å². The van der Waals surface area contributed by atoms with Crippen molar-refractivity contribution >= 4 is 11.7 Å². The lowest BCUT2D eigenvalue weighted by atomic mass is 10.0. The van der Waals surface area contributed by atoms with Gasteiger partial charge >= 0.3 is 0 Å². The molecule has 2 aromatic heterocycles. The highest BCUT2D eigenvalue weighted by Gasteiger charge is 2.13. The number of aromatic nitrogens is 5. The molecule has 3 aromatic rings. The second kappa shape index (κ2) is 3.74. The molecule has 0 fully saturated rings. The predicted molar refractivity (Wildman–Crippen MR) is 70.5 cm³/mol. The minimum atomic E-state index is 0.253. The highest BCUT2D eigenvalue weighted by atomic mass is 15.4. The zero-order chi connectivity index (χ0) is 12.8. The Labute approximate surface area is 109 Å². The van der Waals surface area contributed by atoms with Crippen molar-refractivity contribution in [1.29, 1.82) is 0 Å². The summed E-state index contributed by atoms with van der Waals surface area (Å²) in [6.45, 7) is 0. The van der Waals surface area contributed by atoms with Crippen molar-refractivity contribution in [2.45, 2.75) is 19.3 Å². The highest BCUT2D eigenvalue weighted by molar-refractivity contribution is 5.62. The number of fused-ring (bicyclic) bond motifs is 2. The third kappa shape index (κ3) is 1.56. The van der Waals surface area contributed by atoms with Gasteiger partial charge < -0.3 is 5.73 Å². The van der Waals surface area contributed by atoms with E-state index in [1.54, 1.807) is 6.20 Å². The van der Waals surface area contributed by atoms with E-state index in [1.807, 2.05) is 0 Å². The maximum absolute atomic E-state index is 5.63. The van der Waals surface area contributed by atoms with Crippen LogP contribution in [0.2, 0.25) is 0 Å². The Balaban J connectivity index is 1.85. The minimum Gasteiger partial charge on any atom is -0.366 e. The molecule has 6 nitrogen and oxygen atoms in total. The lowest BCUT2D eigenvalue weighted by molar-refractivity contribution is 0.910. The van der Waals surface area contributed by atoms with Crippen LogP contribution in [0.1, 0.15) is 17.5 Å². The van der Waals surface area contributed by atoms with Gasteiger partial charge in [-0.05, 0) is 36.5 Å². The van der Waals surface area contributed by atoms with Crippen molar-refractivity contribution in [3.8, 4) is 11.3 Å². The van der Waals surface area contributed by atoms with Gasteiger partial charge in [-0.25, -0.2) is 4.98 Å². The first-order valence-electron chi connectivity index (χ1n) is 6.27. The summed E-state index contributed by atoms with van der Waals surface area (Å²) in [4.78, 5) is 4.44. The number of hydrogen-bond donors (Lipinski definition) is 1. The SMILES string of the molecule is Nc1nnc2nc(-c3ccc4c(c3)CCC4)cnn12. The van der Waals surface area contributed by atoms with E-state index in [0.29, 0.717) is 5.78 Å². The van der Waals surface area contributed by atoms with E-state index in [9.17, 15) is 0 Å². The predicted octanol–water partition coefficient (Wildman–Crippen LogP) is 1.26. The van der Waals surface area contributed by atoms with E-state index >= 15 is 0 Å². The maximum atomic E-state index is 5.63. The molecule has 1 aliphatic carbocycles. The molecule has 0 bridgehead atoms. The molecule has 94 valence electrons. The lowest BCUT2D eigenvalue weighted by Gasteiger charge is -2.04. The molecule has 0 saturated carbocycles. The van der Waals surface area contributed by atoms with E-state index in [0.717, 1.165) is 17.7 Å². The molecule has 0 radical (unpaired) electrons. The molecule has 0 aliphatic heterocycles. The quantitative estimate of drug-likeness (QED) is 0.705. The topological polar surface area (TPSA) is 82.0 Å². The van der Waals surface area contributed by atoms with E-state index in [1.165, 1.54) is 28.5 Å². The Morgan fingerprint density at radius 3 is 2.95 bits per heavy atom. The van der Waals surface area contributed by atoms with E-state index in [4.69, 9.17) is 5.73 Å². The van der Waals surface area contributed by atoms with E-state index in [-0.39, 0.29) is 5.95 Å². The Morgan fingerprint density at radius 1 is 1.11 bits per heavy atom. The normalized spacial score (nSPS) is 13.9. The molecular formula is C13H12N6. The summed E-state index contributed by atoms with van der Waals surface area (Å²) >= 11 is 0. The van der Waals surface area contributed by atoms with Crippen LogP contribution in [0.25, 0.3) is 17.0 Å². The Kier molecular flexibility index (Phi) is 2.05. The average Bonchev–Trinajstić information content (AvgIpc) is 3.04. The van der Waals surface area contributed by atoms with Crippen LogP contribution in [0.5, 0.6) is 0 Å². The van der Waals surface area contributed by atoms with E-state index in [2.05, 4.69) is 38.5 Å². The van der Waals surface area contributed by atoms with Crippen LogP contribution >= 0.6 is 0 Å². The van der Waals surface area contributed by atoms with Crippen molar-refractivity contribution in [2.24, 2.45) is 0 Å². The van der Waals surface area contributed by atoms with Crippen molar-refractivity contribution < 1.29 is 0 Å².